The van der Waals surface area contributed by atoms with Crippen molar-refractivity contribution in [2.24, 2.45) is 7.05 Å². The standard InChI is InChI=1S/C20H23N7O3S/c1-26-19(29-2)24-17(25-26)18(28)27-6-4-20(5-7-27)12-9-15(31-14(12)3-8-30-20)13-10-23-16(21)11-22-13/h9-11H,3-8H2,1-2H3,(H2,21,23). The van der Waals surface area contributed by atoms with Crippen molar-refractivity contribution in [3.8, 4) is 16.6 Å². The van der Waals surface area contributed by atoms with E-state index in [-0.39, 0.29) is 17.3 Å². The maximum absolute atomic E-state index is 12.9. The number of piperidine rings is 1. The molecule has 5 heterocycles. The fourth-order valence-electron chi connectivity index (χ4n) is 4.27. The maximum atomic E-state index is 12.9. The summed E-state index contributed by atoms with van der Waals surface area (Å²) < 4.78 is 12.9. The molecule has 1 amide bonds. The Balaban J connectivity index is 1.36. The molecular formula is C20H23N7O3S. The van der Waals surface area contributed by atoms with E-state index in [0.29, 0.717) is 31.5 Å². The summed E-state index contributed by atoms with van der Waals surface area (Å²) in [6.07, 6.45) is 5.60. The van der Waals surface area contributed by atoms with Gasteiger partial charge in [-0.1, -0.05) is 0 Å². The van der Waals surface area contributed by atoms with Gasteiger partial charge < -0.3 is 20.1 Å². The van der Waals surface area contributed by atoms with E-state index in [2.05, 4.69) is 26.1 Å². The molecule has 0 bridgehead atoms. The highest BCUT2D eigenvalue weighted by molar-refractivity contribution is 7.15. The second-order valence-corrected chi connectivity index (χ2v) is 8.84. The van der Waals surface area contributed by atoms with Gasteiger partial charge in [-0.15, -0.1) is 16.4 Å². The molecule has 31 heavy (non-hydrogen) atoms. The van der Waals surface area contributed by atoms with Gasteiger partial charge in [-0.25, -0.2) is 14.6 Å². The van der Waals surface area contributed by atoms with E-state index in [9.17, 15) is 4.79 Å². The van der Waals surface area contributed by atoms with Crippen molar-refractivity contribution < 1.29 is 14.3 Å². The number of likely N-dealkylation sites (tertiary alicyclic amines) is 1. The van der Waals surface area contributed by atoms with Crippen molar-refractivity contribution in [1.29, 1.82) is 0 Å². The number of nitrogens with zero attached hydrogens (tertiary/aromatic N) is 6. The van der Waals surface area contributed by atoms with Crippen LogP contribution in [-0.2, 0) is 23.8 Å². The summed E-state index contributed by atoms with van der Waals surface area (Å²) in [5.41, 5.74) is 7.31. The van der Waals surface area contributed by atoms with Crippen LogP contribution < -0.4 is 10.5 Å². The van der Waals surface area contributed by atoms with Crippen molar-refractivity contribution >= 4 is 23.1 Å². The number of aryl methyl sites for hydroxylation is 1. The molecule has 11 heteroatoms. The first-order valence-electron chi connectivity index (χ1n) is 10.1. The zero-order valence-electron chi connectivity index (χ0n) is 17.4. The average Bonchev–Trinajstić information content (AvgIpc) is 3.39. The summed E-state index contributed by atoms with van der Waals surface area (Å²) in [6.45, 7) is 1.82. The quantitative estimate of drug-likeness (QED) is 0.651. The van der Waals surface area contributed by atoms with E-state index in [1.807, 2.05) is 0 Å². The third-order valence-corrected chi connectivity index (χ3v) is 7.10. The number of carbonyl (C=O) groups excluding carboxylic acids is 1. The molecule has 2 aliphatic heterocycles. The number of nitrogen functional groups attached to an aromatic ring is 1. The second kappa shape index (κ2) is 7.57. The summed E-state index contributed by atoms with van der Waals surface area (Å²) in [5.74, 6) is 0.371. The third-order valence-electron chi connectivity index (χ3n) is 5.89. The molecule has 1 spiro atoms. The number of amides is 1. The minimum atomic E-state index is -0.379. The third kappa shape index (κ3) is 3.43. The minimum absolute atomic E-state index is 0.153. The fraction of sp³-hybridized carbons (Fsp3) is 0.450. The van der Waals surface area contributed by atoms with E-state index in [1.165, 1.54) is 22.2 Å². The lowest BCUT2D eigenvalue weighted by atomic mass is 9.82. The Labute approximate surface area is 183 Å². The SMILES string of the molecule is COc1nc(C(=O)N2CCC3(CC2)OCCc2sc(-c4cnc(N)cn4)cc23)nn1C. The van der Waals surface area contributed by atoms with E-state index in [0.717, 1.165) is 29.8 Å². The van der Waals surface area contributed by atoms with E-state index < -0.39 is 0 Å². The second-order valence-electron chi connectivity index (χ2n) is 7.70. The number of hydrogen-bond donors (Lipinski definition) is 1. The fourth-order valence-corrected chi connectivity index (χ4v) is 5.47. The Morgan fingerprint density at radius 2 is 2.10 bits per heavy atom. The van der Waals surface area contributed by atoms with Crippen LogP contribution in [0.4, 0.5) is 5.82 Å². The molecule has 0 radical (unpaired) electrons. The average molecular weight is 442 g/mol. The van der Waals surface area contributed by atoms with Gasteiger partial charge in [-0.3, -0.25) is 4.79 Å². The molecule has 1 saturated heterocycles. The van der Waals surface area contributed by atoms with Gasteiger partial charge in [-0.05, 0) is 24.5 Å². The molecular weight excluding hydrogens is 418 g/mol. The molecule has 0 unspecified atom stereocenters. The number of ether oxygens (including phenoxy) is 2. The number of fused-ring (bicyclic) bond motifs is 2. The molecule has 162 valence electrons. The van der Waals surface area contributed by atoms with Crippen LogP contribution in [0.25, 0.3) is 10.6 Å². The van der Waals surface area contributed by atoms with Crippen molar-refractivity contribution in [2.75, 3.05) is 32.5 Å². The normalized spacial score (nSPS) is 17.5. The summed E-state index contributed by atoms with van der Waals surface area (Å²) >= 11 is 1.73. The van der Waals surface area contributed by atoms with Gasteiger partial charge >= 0.3 is 6.01 Å². The number of carbonyl (C=O) groups is 1. The molecule has 5 rings (SSSR count). The molecule has 3 aromatic heterocycles. The van der Waals surface area contributed by atoms with Crippen LogP contribution in [0.15, 0.2) is 18.5 Å². The molecule has 1 fully saturated rings. The molecule has 0 saturated carbocycles. The molecule has 0 aromatic carbocycles. The van der Waals surface area contributed by atoms with Gasteiger partial charge in [0.2, 0.25) is 5.82 Å². The van der Waals surface area contributed by atoms with Crippen molar-refractivity contribution in [3.63, 3.8) is 0 Å². The lowest BCUT2D eigenvalue weighted by Crippen LogP contribution is -2.48. The molecule has 2 aliphatic rings. The predicted octanol–water partition coefficient (Wildman–Crippen LogP) is 1.63. The van der Waals surface area contributed by atoms with Crippen LogP contribution >= 0.6 is 11.3 Å². The molecule has 0 aliphatic carbocycles. The number of thiophene rings is 1. The van der Waals surface area contributed by atoms with Crippen LogP contribution in [0.2, 0.25) is 0 Å². The monoisotopic (exact) mass is 441 g/mol. The predicted molar refractivity (Wildman–Crippen MR) is 114 cm³/mol. The molecule has 3 aromatic rings. The van der Waals surface area contributed by atoms with Crippen molar-refractivity contribution in [3.05, 3.63) is 34.7 Å². The highest BCUT2D eigenvalue weighted by Gasteiger charge is 2.43. The summed E-state index contributed by atoms with van der Waals surface area (Å²) in [7, 11) is 3.21. The Morgan fingerprint density at radius 1 is 1.29 bits per heavy atom. The van der Waals surface area contributed by atoms with Gasteiger partial charge in [0.25, 0.3) is 5.91 Å². The number of rotatable bonds is 3. The van der Waals surface area contributed by atoms with Crippen LogP contribution in [0.1, 0.15) is 33.9 Å². The van der Waals surface area contributed by atoms with Gasteiger partial charge in [-0.2, -0.15) is 4.98 Å². The van der Waals surface area contributed by atoms with Crippen molar-refractivity contribution in [2.45, 2.75) is 24.9 Å². The Bertz CT molecular complexity index is 1120. The first-order chi connectivity index (χ1) is 15.0. The largest absolute Gasteiger partial charge is 0.467 e. The first kappa shape index (κ1) is 19.9. The Kier molecular flexibility index (Phi) is 4.86. The topological polar surface area (TPSA) is 121 Å². The Hall–Kier alpha value is -3.05. The van der Waals surface area contributed by atoms with E-state index in [4.69, 9.17) is 15.2 Å². The Morgan fingerprint density at radius 3 is 2.77 bits per heavy atom. The minimum Gasteiger partial charge on any atom is -0.467 e. The van der Waals surface area contributed by atoms with Gasteiger partial charge in [0.15, 0.2) is 0 Å². The lowest BCUT2D eigenvalue weighted by molar-refractivity contribution is -0.0927. The van der Waals surface area contributed by atoms with Crippen LogP contribution in [0.3, 0.4) is 0 Å². The molecule has 10 nitrogen and oxygen atoms in total. The highest BCUT2D eigenvalue weighted by Crippen LogP contribution is 2.46. The zero-order valence-corrected chi connectivity index (χ0v) is 18.2. The number of methoxy groups -OCH3 is 1. The lowest BCUT2D eigenvalue weighted by Gasteiger charge is -2.43. The number of nitrogens with two attached hydrogens (primary N) is 1. The van der Waals surface area contributed by atoms with Gasteiger partial charge in [0.05, 0.1) is 42.3 Å². The highest BCUT2D eigenvalue weighted by atomic mass is 32.1. The number of hydrogen-bond acceptors (Lipinski definition) is 9. The summed E-state index contributed by atoms with van der Waals surface area (Å²) in [6, 6.07) is 2.48. The summed E-state index contributed by atoms with van der Waals surface area (Å²) in [5, 5.41) is 4.18. The van der Waals surface area contributed by atoms with Gasteiger partial charge in [0, 0.05) is 31.4 Å². The van der Waals surface area contributed by atoms with Crippen molar-refractivity contribution in [1.82, 2.24) is 29.6 Å². The molecule has 2 N–H and O–H groups in total. The smallest absolute Gasteiger partial charge is 0.314 e. The summed E-state index contributed by atoms with van der Waals surface area (Å²) in [4.78, 5) is 29.8. The van der Waals surface area contributed by atoms with Crippen LogP contribution in [-0.4, -0.2) is 62.3 Å². The van der Waals surface area contributed by atoms with E-state index >= 15 is 0 Å². The van der Waals surface area contributed by atoms with Gasteiger partial charge in [0.1, 0.15) is 5.82 Å². The van der Waals surface area contributed by atoms with E-state index in [1.54, 1.807) is 35.7 Å². The number of anilines is 1. The van der Waals surface area contributed by atoms with Crippen LogP contribution in [0.5, 0.6) is 6.01 Å². The molecule has 0 atom stereocenters. The van der Waals surface area contributed by atoms with Crippen LogP contribution in [0, 0.1) is 0 Å². The number of aromatic nitrogens is 5. The first-order valence-corrected chi connectivity index (χ1v) is 10.9. The zero-order chi connectivity index (χ0) is 21.6. The maximum Gasteiger partial charge on any atom is 0.314 e.